The Bertz CT molecular complexity index is 286. The van der Waals surface area contributed by atoms with Gasteiger partial charge in [0.1, 0.15) is 5.75 Å². The van der Waals surface area contributed by atoms with Crippen LogP contribution in [0.1, 0.15) is 5.56 Å². The molecule has 0 saturated carbocycles. The molecule has 0 amide bonds. The molecule has 3 heteroatoms. The molecule has 1 saturated heterocycles. The maximum absolute atomic E-state index is 9.47. The van der Waals surface area contributed by atoms with Gasteiger partial charge in [-0.2, -0.15) is 11.8 Å². The summed E-state index contributed by atoms with van der Waals surface area (Å²) in [7, 11) is 0. The molecule has 0 unspecified atom stereocenters. The highest BCUT2D eigenvalue weighted by Crippen LogP contribution is 2.19. The van der Waals surface area contributed by atoms with Crippen molar-refractivity contribution in [1.29, 1.82) is 0 Å². The van der Waals surface area contributed by atoms with Crippen LogP contribution in [0.3, 0.4) is 0 Å². The summed E-state index contributed by atoms with van der Waals surface area (Å²) in [6, 6.07) is 8.12. The molecule has 0 aliphatic carbocycles. The Morgan fingerprint density at radius 1 is 1.38 bits per heavy atom. The van der Waals surface area contributed by atoms with Gasteiger partial charge in [0.05, 0.1) is 0 Å². The van der Waals surface area contributed by atoms with Gasteiger partial charge in [0.25, 0.3) is 0 Å². The average molecular weight is 195 g/mol. The first-order valence-corrected chi connectivity index (χ1v) is 5.60. The second kappa shape index (κ2) is 4.03. The summed E-state index contributed by atoms with van der Waals surface area (Å²) < 4.78 is 0. The number of benzene rings is 1. The lowest BCUT2D eigenvalue weighted by Gasteiger charge is -2.26. The van der Waals surface area contributed by atoms with Gasteiger partial charge in [0.2, 0.25) is 0 Å². The molecule has 1 aliphatic rings. The van der Waals surface area contributed by atoms with Crippen LogP contribution in [0.2, 0.25) is 0 Å². The summed E-state index contributed by atoms with van der Waals surface area (Å²) in [5.74, 6) is 2.79. The summed E-state index contributed by atoms with van der Waals surface area (Å²) in [5.41, 5.74) is 0.986. The lowest BCUT2D eigenvalue weighted by molar-refractivity contribution is 0.461. The van der Waals surface area contributed by atoms with Crippen molar-refractivity contribution < 1.29 is 5.11 Å². The number of hydrogen-bond acceptors (Lipinski definition) is 3. The average Bonchev–Trinajstić information content (AvgIpc) is 2.05. The number of nitrogens with one attached hydrogen (secondary N) is 1. The van der Waals surface area contributed by atoms with Crippen molar-refractivity contribution in [2.24, 2.45) is 0 Å². The van der Waals surface area contributed by atoms with E-state index in [4.69, 9.17) is 0 Å². The fraction of sp³-hybridized carbons (Fsp3) is 0.400. The maximum Gasteiger partial charge on any atom is 0.120 e. The number of phenolic OH excluding ortho intramolecular Hbond substituents is 1. The van der Waals surface area contributed by atoms with Gasteiger partial charge < -0.3 is 10.4 Å². The van der Waals surface area contributed by atoms with Crippen molar-refractivity contribution in [1.82, 2.24) is 5.32 Å². The normalized spacial score (nSPS) is 16.9. The summed E-state index contributed by atoms with van der Waals surface area (Å²) in [4.78, 5) is 0. The van der Waals surface area contributed by atoms with E-state index in [0.29, 0.717) is 11.8 Å². The van der Waals surface area contributed by atoms with Crippen molar-refractivity contribution in [2.45, 2.75) is 12.6 Å². The molecule has 0 aromatic heterocycles. The lowest BCUT2D eigenvalue weighted by Crippen LogP contribution is -2.39. The van der Waals surface area contributed by atoms with Crippen LogP contribution in [0.25, 0.3) is 0 Å². The van der Waals surface area contributed by atoms with Gasteiger partial charge in [-0.15, -0.1) is 0 Å². The third-order valence-corrected chi connectivity index (χ3v) is 3.49. The Hall–Kier alpha value is -0.670. The van der Waals surface area contributed by atoms with Crippen molar-refractivity contribution in [3.8, 4) is 5.75 Å². The van der Waals surface area contributed by atoms with Gasteiger partial charge in [-0.3, -0.25) is 0 Å². The largest absolute Gasteiger partial charge is 0.508 e. The van der Waals surface area contributed by atoms with E-state index >= 15 is 0 Å². The van der Waals surface area contributed by atoms with E-state index in [2.05, 4.69) is 5.32 Å². The molecule has 0 bridgehead atoms. The second-order valence-corrected chi connectivity index (χ2v) is 4.32. The van der Waals surface area contributed by atoms with Crippen LogP contribution in [-0.4, -0.2) is 22.7 Å². The summed E-state index contributed by atoms with van der Waals surface area (Å²) in [6.07, 6.45) is 0. The highest BCUT2D eigenvalue weighted by molar-refractivity contribution is 8.00. The summed E-state index contributed by atoms with van der Waals surface area (Å²) in [5, 5.41) is 12.9. The zero-order chi connectivity index (χ0) is 9.10. The topological polar surface area (TPSA) is 32.3 Å². The van der Waals surface area contributed by atoms with Crippen molar-refractivity contribution in [2.75, 3.05) is 11.5 Å². The van der Waals surface area contributed by atoms with Crippen molar-refractivity contribution in [3.05, 3.63) is 29.8 Å². The Morgan fingerprint density at radius 3 is 2.77 bits per heavy atom. The molecule has 1 heterocycles. The second-order valence-electron chi connectivity index (χ2n) is 3.24. The molecule has 2 N–H and O–H groups in total. The first kappa shape index (κ1) is 8.91. The Morgan fingerprint density at radius 2 is 2.15 bits per heavy atom. The van der Waals surface area contributed by atoms with E-state index in [1.807, 2.05) is 30.0 Å². The molecular formula is C10H13NOS. The number of thioether (sulfide) groups is 1. The van der Waals surface area contributed by atoms with Crippen LogP contribution in [0, 0.1) is 0 Å². The molecule has 2 rings (SSSR count). The SMILES string of the molecule is Oc1ccccc1CNC1CSC1. The summed E-state index contributed by atoms with van der Waals surface area (Å²) in [6.45, 7) is 0.776. The van der Waals surface area contributed by atoms with Crippen LogP contribution in [-0.2, 0) is 6.54 Å². The Balaban J connectivity index is 1.89. The standard InChI is InChI=1S/C10H13NOS/c12-10-4-2-1-3-8(10)5-11-9-6-13-7-9/h1-4,9,11-12H,5-7H2. The number of phenols is 1. The molecule has 1 aromatic carbocycles. The Labute approximate surface area is 82.4 Å². The molecule has 0 spiro atoms. The first-order chi connectivity index (χ1) is 6.36. The molecule has 70 valence electrons. The van der Waals surface area contributed by atoms with Crippen LogP contribution >= 0.6 is 11.8 Å². The fourth-order valence-electron chi connectivity index (χ4n) is 1.27. The van der Waals surface area contributed by atoms with E-state index in [0.717, 1.165) is 12.1 Å². The molecule has 1 aromatic rings. The monoisotopic (exact) mass is 195 g/mol. The van der Waals surface area contributed by atoms with Crippen LogP contribution < -0.4 is 5.32 Å². The molecule has 0 atom stereocenters. The van der Waals surface area contributed by atoms with Crippen molar-refractivity contribution >= 4 is 11.8 Å². The van der Waals surface area contributed by atoms with Gasteiger partial charge in [0.15, 0.2) is 0 Å². The molecule has 2 nitrogen and oxygen atoms in total. The quantitative estimate of drug-likeness (QED) is 0.768. The van der Waals surface area contributed by atoms with E-state index in [1.54, 1.807) is 6.07 Å². The number of para-hydroxylation sites is 1. The molecule has 1 fully saturated rings. The van der Waals surface area contributed by atoms with E-state index in [-0.39, 0.29) is 0 Å². The van der Waals surface area contributed by atoms with Crippen molar-refractivity contribution in [3.63, 3.8) is 0 Å². The predicted octanol–water partition coefficient (Wildman–Crippen LogP) is 1.60. The van der Waals surface area contributed by atoms with Gasteiger partial charge >= 0.3 is 0 Å². The number of rotatable bonds is 3. The minimum atomic E-state index is 0.391. The lowest BCUT2D eigenvalue weighted by atomic mass is 10.2. The molecule has 0 radical (unpaired) electrons. The molecule has 13 heavy (non-hydrogen) atoms. The van der Waals surface area contributed by atoms with E-state index < -0.39 is 0 Å². The smallest absolute Gasteiger partial charge is 0.120 e. The third kappa shape index (κ3) is 2.17. The van der Waals surface area contributed by atoms with Crippen LogP contribution in [0.4, 0.5) is 0 Å². The number of aromatic hydroxyl groups is 1. The maximum atomic E-state index is 9.47. The zero-order valence-electron chi connectivity index (χ0n) is 7.36. The first-order valence-electron chi connectivity index (χ1n) is 4.44. The molecular weight excluding hydrogens is 182 g/mol. The van der Waals surface area contributed by atoms with E-state index in [9.17, 15) is 5.11 Å². The highest BCUT2D eigenvalue weighted by Gasteiger charge is 2.17. The Kier molecular flexibility index (Phi) is 2.76. The third-order valence-electron chi connectivity index (χ3n) is 2.21. The predicted molar refractivity (Wildman–Crippen MR) is 56.1 cm³/mol. The minimum Gasteiger partial charge on any atom is -0.508 e. The van der Waals surface area contributed by atoms with Gasteiger partial charge in [0, 0.05) is 29.7 Å². The highest BCUT2D eigenvalue weighted by atomic mass is 32.2. The molecule has 1 aliphatic heterocycles. The number of hydrogen-bond donors (Lipinski definition) is 2. The van der Waals surface area contributed by atoms with E-state index in [1.165, 1.54) is 11.5 Å². The fourth-order valence-corrected chi connectivity index (χ4v) is 1.98. The van der Waals surface area contributed by atoms with Crippen LogP contribution in [0.15, 0.2) is 24.3 Å². The van der Waals surface area contributed by atoms with Gasteiger partial charge in [-0.05, 0) is 6.07 Å². The van der Waals surface area contributed by atoms with Crippen LogP contribution in [0.5, 0.6) is 5.75 Å². The van der Waals surface area contributed by atoms with Gasteiger partial charge in [-0.1, -0.05) is 18.2 Å². The zero-order valence-corrected chi connectivity index (χ0v) is 8.18. The minimum absolute atomic E-state index is 0.391. The van der Waals surface area contributed by atoms with Gasteiger partial charge in [-0.25, -0.2) is 0 Å². The summed E-state index contributed by atoms with van der Waals surface area (Å²) >= 11 is 1.96.